The van der Waals surface area contributed by atoms with Crippen LogP contribution in [0.5, 0.6) is 5.75 Å². The van der Waals surface area contributed by atoms with Crippen molar-refractivity contribution < 1.29 is 9.84 Å². The van der Waals surface area contributed by atoms with Crippen molar-refractivity contribution in [2.24, 2.45) is 0 Å². The minimum Gasteiger partial charge on any atom is -0.496 e. The van der Waals surface area contributed by atoms with Gasteiger partial charge in [-0.1, -0.05) is 28.1 Å². The smallest absolute Gasteiger partial charge is 0.144 e. The van der Waals surface area contributed by atoms with Crippen LogP contribution < -0.4 is 4.74 Å². The monoisotopic (exact) mass is 360 g/mol. The molecule has 0 fully saturated rings. The number of nitrogens with zero attached hydrogens (tertiary/aromatic N) is 2. The second-order valence-corrected chi connectivity index (χ2v) is 5.91. The Bertz CT molecular complexity index is 798. The number of benzene rings is 2. The third-order valence-electron chi connectivity index (χ3n) is 3.60. The Kier molecular flexibility index (Phi) is 4.45. The summed E-state index contributed by atoms with van der Waals surface area (Å²) in [7, 11) is 1.66. The van der Waals surface area contributed by atoms with E-state index in [1.54, 1.807) is 7.11 Å². The van der Waals surface area contributed by atoms with Crippen molar-refractivity contribution in [3.05, 3.63) is 46.9 Å². The highest BCUT2D eigenvalue weighted by atomic mass is 79.9. The SMILES string of the molecule is COc1ccccc1-c1nc2ccc(Br)cc2n1CCCO. The van der Waals surface area contributed by atoms with Gasteiger partial charge in [0.25, 0.3) is 0 Å². The van der Waals surface area contributed by atoms with Crippen LogP contribution in [-0.4, -0.2) is 28.4 Å². The Morgan fingerprint density at radius 1 is 1.23 bits per heavy atom. The van der Waals surface area contributed by atoms with Gasteiger partial charge in [-0.3, -0.25) is 0 Å². The zero-order chi connectivity index (χ0) is 15.5. The summed E-state index contributed by atoms with van der Waals surface area (Å²) in [5, 5.41) is 9.19. The number of hydrogen-bond acceptors (Lipinski definition) is 3. The van der Waals surface area contributed by atoms with E-state index in [4.69, 9.17) is 9.72 Å². The molecule has 0 bridgehead atoms. The molecule has 3 aromatic rings. The molecule has 0 radical (unpaired) electrons. The molecule has 0 unspecified atom stereocenters. The van der Waals surface area contributed by atoms with Gasteiger partial charge in [-0.25, -0.2) is 4.98 Å². The zero-order valence-electron chi connectivity index (χ0n) is 12.3. The van der Waals surface area contributed by atoms with Gasteiger partial charge in [-0.05, 0) is 36.8 Å². The Morgan fingerprint density at radius 3 is 2.82 bits per heavy atom. The van der Waals surface area contributed by atoms with Crippen LogP contribution in [0.15, 0.2) is 46.9 Å². The number of fused-ring (bicyclic) bond motifs is 1. The van der Waals surface area contributed by atoms with Crippen molar-refractivity contribution in [1.29, 1.82) is 0 Å². The van der Waals surface area contributed by atoms with E-state index in [-0.39, 0.29) is 6.61 Å². The van der Waals surface area contributed by atoms with Gasteiger partial charge in [0, 0.05) is 17.6 Å². The number of aromatic nitrogens is 2. The van der Waals surface area contributed by atoms with Gasteiger partial charge in [0.05, 0.1) is 23.7 Å². The van der Waals surface area contributed by atoms with Gasteiger partial charge in [0.1, 0.15) is 11.6 Å². The minimum absolute atomic E-state index is 0.152. The van der Waals surface area contributed by atoms with E-state index >= 15 is 0 Å². The van der Waals surface area contributed by atoms with Crippen LogP contribution in [0.2, 0.25) is 0 Å². The van der Waals surface area contributed by atoms with E-state index in [9.17, 15) is 5.11 Å². The maximum absolute atomic E-state index is 9.19. The topological polar surface area (TPSA) is 47.3 Å². The second-order valence-electron chi connectivity index (χ2n) is 5.00. The molecule has 0 aliphatic heterocycles. The predicted molar refractivity (Wildman–Crippen MR) is 91.1 cm³/mol. The van der Waals surface area contributed by atoms with Crippen molar-refractivity contribution in [3.63, 3.8) is 0 Å². The van der Waals surface area contributed by atoms with Crippen molar-refractivity contribution in [3.8, 4) is 17.1 Å². The maximum Gasteiger partial charge on any atom is 0.144 e. The standard InChI is InChI=1S/C17H17BrN2O2/c1-22-16-6-3-2-5-13(16)17-19-14-8-7-12(18)11-15(14)20(17)9-4-10-21/h2-3,5-8,11,21H,4,9-10H2,1H3. The van der Waals surface area contributed by atoms with Crippen molar-refractivity contribution >= 4 is 27.0 Å². The quantitative estimate of drug-likeness (QED) is 0.751. The largest absolute Gasteiger partial charge is 0.496 e. The first-order chi connectivity index (χ1) is 10.7. The summed E-state index contributed by atoms with van der Waals surface area (Å²) in [5.74, 6) is 1.65. The van der Waals surface area contributed by atoms with Gasteiger partial charge in [0.2, 0.25) is 0 Å². The fourth-order valence-electron chi connectivity index (χ4n) is 2.59. The third kappa shape index (κ3) is 2.74. The second kappa shape index (κ2) is 6.50. The van der Waals surface area contributed by atoms with E-state index < -0.39 is 0 Å². The number of aryl methyl sites for hydroxylation is 1. The molecule has 0 amide bonds. The number of ether oxygens (including phenoxy) is 1. The molecule has 5 heteroatoms. The van der Waals surface area contributed by atoms with Crippen LogP contribution in [0.25, 0.3) is 22.4 Å². The molecule has 3 rings (SSSR count). The Labute approximate surface area is 137 Å². The summed E-state index contributed by atoms with van der Waals surface area (Å²) in [6.07, 6.45) is 0.681. The van der Waals surface area contributed by atoms with Crippen molar-refractivity contribution in [1.82, 2.24) is 9.55 Å². The molecule has 22 heavy (non-hydrogen) atoms. The predicted octanol–water partition coefficient (Wildman–Crippen LogP) is 3.86. The fourth-order valence-corrected chi connectivity index (χ4v) is 2.94. The number of aliphatic hydroxyl groups is 1. The van der Waals surface area contributed by atoms with Crippen LogP contribution in [0, 0.1) is 0 Å². The molecule has 0 atom stereocenters. The lowest BCUT2D eigenvalue weighted by molar-refractivity contribution is 0.281. The molecular weight excluding hydrogens is 344 g/mol. The molecule has 0 aliphatic carbocycles. The van der Waals surface area contributed by atoms with Gasteiger partial charge < -0.3 is 14.4 Å². The molecule has 0 aliphatic rings. The van der Waals surface area contributed by atoms with Crippen LogP contribution in [-0.2, 0) is 6.54 Å². The molecule has 0 saturated heterocycles. The van der Waals surface area contributed by atoms with E-state index in [0.29, 0.717) is 13.0 Å². The highest BCUT2D eigenvalue weighted by molar-refractivity contribution is 9.10. The average Bonchev–Trinajstić information content (AvgIpc) is 2.90. The van der Waals surface area contributed by atoms with Gasteiger partial charge in [0.15, 0.2) is 0 Å². The van der Waals surface area contributed by atoms with Gasteiger partial charge in [-0.2, -0.15) is 0 Å². The number of para-hydroxylation sites is 1. The van der Waals surface area contributed by atoms with Crippen molar-refractivity contribution in [2.45, 2.75) is 13.0 Å². The molecule has 0 saturated carbocycles. The van der Waals surface area contributed by atoms with Crippen LogP contribution in [0.1, 0.15) is 6.42 Å². The molecule has 1 heterocycles. The van der Waals surface area contributed by atoms with Gasteiger partial charge in [-0.15, -0.1) is 0 Å². The summed E-state index contributed by atoms with van der Waals surface area (Å²) >= 11 is 3.51. The molecule has 0 spiro atoms. The average molecular weight is 361 g/mol. The Balaban J connectivity index is 2.23. The first-order valence-electron chi connectivity index (χ1n) is 7.14. The fraction of sp³-hybridized carbons (Fsp3) is 0.235. The molecule has 1 aromatic heterocycles. The number of imidazole rings is 1. The number of rotatable bonds is 5. The number of aliphatic hydroxyl groups excluding tert-OH is 1. The summed E-state index contributed by atoms with van der Waals surface area (Å²) < 4.78 is 8.61. The van der Waals surface area contributed by atoms with E-state index in [1.165, 1.54) is 0 Å². The lowest BCUT2D eigenvalue weighted by Crippen LogP contribution is -2.03. The minimum atomic E-state index is 0.152. The lowest BCUT2D eigenvalue weighted by atomic mass is 10.2. The zero-order valence-corrected chi connectivity index (χ0v) is 13.9. The third-order valence-corrected chi connectivity index (χ3v) is 4.09. The number of hydrogen-bond donors (Lipinski definition) is 1. The van der Waals surface area contributed by atoms with E-state index in [2.05, 4.69) is 26.6 Å². The van der Waals surface area contributed by atoms with Crippen molar-refractivity contribution in [2.75, 3.05) is 13.7 Å². The molecule has 1 N–H and O–H groups in total. The molecule has 114 valence electrons. The molecular formula is C17H17BrN2O2. The van der Waals surface area contributed by atoms with Crippen LogP contribution >= 0.6 is 15.9 Å². The van der Waals surface area contributed by atoms with Crippen LogP contribution in [0.4, 0.5) is 0 Å². The summed E-state index contributed by atoms with van der Waals surface area (Å²) in [6.45, 7) is 0.857. The summed E-state index contributed by atoms with van der Waals surface area (Å²) in [5.41, 5.74) is 2.93. The van der Waals surface area contributed by atoms with Crippen LogP contribution in [0.3, 0.4) is 0 Å². The first kappa shape index (κ1) is 15.1. The van der Waals surface area contributed by atoms with Gasteiger partial charge >= 0.3 is 0 Å². The Morgan fingerprint density at radius 2 is 2.05 bits per heavy atom. The lowest BCUT2D eigenvalue weighted by Gasteiger charge is -2.11. The number of methoxy groups -OCH3 is 1. The first-order valence-corrected chi connectivity index (χ1v) is 7.94. The number of halogens is 1. The maximum atomic E-state index is 9.19. The highest BCUT2D eigenvalue weighted by Crippen LogP contribution is 2.32. The normalized spacial score (nSPS) is 11.0. The Hall–Kier alpha value is -1.85. The van der Waals surface area contributed by atoms with E-state index in [1.807, 2.05) is 36.4 Å². The molecule has 4 nitrogen and oxygen atoms in total. The summed E-state index contributed by atoms with van der Waals surface area (Å²) in [6, 6.07) is 13.9. The molecule has 2 aromatic carbocycles. The summed E-state index contributed by atoms with van der Waals surface area (Å²) in [4.78, 5) is 4.77. The highest BCUT2D eigenvalue weighted by Gasteiger charge is 2.15. The van der Waals surface area contributed by atoms with E-state index in [0.717, 1.165) is 32.6 Å².